The lowest BCUT2D eigenvalue weighted by Crippen LogP contribution is -2.34. The number of likely N-dealkylation sites (tertiary alicyclic amines) is 1. The average molecular weight is 394 g/mol. The van der Waals surface area contributed by atoms with E-state index in [9.17, 15) is 4.79 Å². The van der Waals surface area contributed by atoms with Gasteiger partial charge in [-0.15, -0.1) is 0 Å². The standard InChI is InChI=1S/C23H31N5O/c1-6-18-17(12-19-13(2)23(4,5)22(29)28(19)11-10-24)16-9-7-8-15-14(3)26-27-21(15)20(16)25-18/h12,25H,2,6-11,24H2,1,3-5H3,(H,26,27)/b19-12+. The fourth-order valence-electron chi connectivity index (χ4n) is 4.64. The summed E-state index contributed by atoms with van der Waals surface area (Å²) in [5, 5.41) is 7.75. The number of carbonyl (C=O) groups is 1. The molecule has 0 radical (unpaired) electrons. The van der Waals surface area contributed by atoms with E-state index in [4.69, 9.17) is 5.73 Å². The number of aromatic amines is 2. The predicted octanol–water partition coefficient (Wildman–Crippen LogP) is 3.49. The minimum absolute atomic E-state index is 0.0732. The number of nitrogens with one attached hydrogen (secondary N) is 2. The number of allylic oxidation sites excluding steroid dienone is 1. The number of nitrogens with two attached hydrogens (primary N) is 1. The number of amides is 1. The first-order valence-corrected chi connectivity index (χ1v) is 10.5. The molecule has 0 unspecified atom stereocenters. The maximum Gasteiger partial charge on any atom is 0.237 e. The SMILES string of the molecule is C=C1/C(=C\c2c(CC)[nH]c3c2CCCc2c-3n[nH]c2C)N(CCN)C(=O)C1(C)C. The second-order valence-corrected chi connectivity index (χ2v) is 8.63. The van der Waals surface area contributed by atoms with Crippen LogP contribution in [0.25, 0.3) is 17.5 Å². The third-order valence-electron chi connectivity index (χ3n) is 6.51. The first-order chi connectivity index (χ1) is 13.8. The smallest absolute Gasteiger partial charge is 0.237 e. The Bertz CT molecular complexity index is 1020. The van der Waals surface area contributed by atoms with Crippen LogP contribution in [0.15, 0.2) is 17.8 Å². The molecule has 1 saturated heterocycles. The zero-order valence-electron chi connectivity index (χ0n) is 17.9. The molecular weight excluding hydrogens is 362 g/mol. The Labute approximate surface area is 172 Å². The van der Waals surface area contributed by atoms with Gasteiger partial charge in [0.25, 0.3) is 0 Å². The molecule has 2 aromatic heterocycles. The third kappa shape index (κ3) is 2.89. The minimum Gasteiger partial charge on any atom is -0.356 e. The molecule has 0 saturated carbocycles. The molecule has 1 aliphatic carbocycles. The van der Waals surface area contributed by atoms with Gasteiger partial charge in [-0.3, -0.25) is 9.89 Å². The van der Waals surface area contributed by atoms with Crippen molar-refractivity contribution in [1.82, 2.24) is 20.1 Å². The van der Waals surface area contributed by atoms with Crippen LogP contribution in [0.5, 0.6) is 0 Å². The van der Waals surface area contributed by atoms with Gasteiger partial charge in [-0.2, -0.15) is 5.10 Å². The van der Waals surface area contributed by atoms with Gasteiger partial charge in [0, 0.05) is 41.3 Å². The predicted molar refractivity (Wildman–Crippen MR) is 116 cm³/mol. The number of rotatable bonds is 4. The number of carbonyl (C=O) groups excluding carboxylic acids is 1. The molecule has 3 heterocycles. The first-order valence-electron chi connectivity index (χ1n) is 10.5. The number of hydrogen-bond donors (Lipinski definition) is 3. The lowest BCUT2D eigenvalue weighted by Gasteiger charge is -2.18. The first kappa shape index (κ1) is 19.7. The van der Waals surface area contributed by atoms with Crippen LogP contribution in [0, 0.1) is 12.3 Å². The lowest BCUT2D eigenvalue weighted by atomic mass is 9.86. The van der Waals surface area contributed by atoms with Gasteiger partial charge in [0.2, 0.25) is 5.91 Å². The number of nitrogens with zero attached hydrogens (tertiary/aromatic N) is 2. The minimum atomic E-state index is -0.604. The van der Waals surface area contributed by atoms with Crippen molar-refractivity contribution in [3.05, 3.63) is 45.9 Å². The number of H-pyrrole nitrogens is 2. The van der Waals surface area contributed by atoms with Crippen molar-refractivity contribution >= 4 is 12.0 Å². The van der Waals surface area contributed by atoms with Gasteiger partial charge >= 0.3 is 0 Å². The zero-order valence-corrected chi connectivity index (χ0v) is 17.9. The molecule has 1 amide bonds. The number of aryl methyl sites for hydroxylation is 2. The second kappa shape index (κ2) is 7.02. The molecule has 2 aliphatic rings. The Morgan fingerprint density at radius 2 is 2.03 bits per heavy atom. The normalized spacial score (nSPS) is 19.6. The Kier molecular flexibility index (Phi) is 4.77. The van der Waals surface area contributed by atoms with Gasteiger partial charge in [0.05, 0.1) is 11.1 Å². The molecule has 0 aromatic carbocycles. The van der Waals surface area contributed by atoms with Crippen LogP contribution in [-0.4, -0.2) is 39.1 Å². The highest BCUT2D eigenvalue weighted by atomic mass is 16.2. The summed E-state index contributed by atoms with van der Waals surface area (Å²) >= 11 is 0. The second-order valence-electron chi connectivity index (χ2n) is 8.63. The van der Waals surface area contributed by atoms with Crippen molar-refractivity contribution in [3.63, 3.8) is 0 Å². The number of fused-ring (bicyclic) bond motifs is 3. The van der Waals surface area contributed by atoms with Gasteiger partial charge in [0.15, 0.2) is 0 Å². The number of hydrogen-bond acceptors (Lipinski definition) is 3. The highest BCUT2D eigenvalue weighted by molar-refractivity contribution is 5.95. The number of aromatic nitrogens is 3. The lowest BCUT2D eigenvalue weighted by molar-refractivity contribution is -0.133. The summed E-state index contributed by atoms with van der Waals surface area (Å²) in [4.78, 5) is 18.4. The van der Waals surface area contributed by atoms with Crippen molar-refractivity contribution in [1.29, 1.82) is 0 Å². The van der Waals surface area contributed by atoms with Crippen LogP contribution in [0.4, 0.5) is 0 Å². The molecule has 0 spiro atoms. The fraction of sp³-hybridized carbons (Fsp3) is 0.478. The molecule has 0 bridgehead atoms. The molecule has 2 aromatic rings. The van der Waals surface area contributed by atoms with E-state index >= 15 is 0 Å². The maximum absolute atomic E-state index is 13.0. The van der Waals surface area contributed by atoms with Crippen LogP contribution in [0.2, 0.25) is 0 Å². The molecule has 6 nitrogen and oxygen atoms in total. The maximum atomic E-state index is 13.0. The van der Waals surface area contributed by atoms with Gasteiger partial charge < -0.3 is 15.6 Å². The van der Waals surface area contributed by atoms with E-state index in [1.54, 1.807) is 0 Å². The molecule has 0 atom stereocenters. The highest BCUT2D eigenvalue weighted by Gasteiger charge is 2.45. The summed E-state index contributed by atoms with van der Waals surface area (Å²) in [6.45, 7) is 13.3. The quantitative estimate of drug-likeness (QED) is 0.743. The Morgan fingerprint density at radius 3 is 2.72 bits per heavy atom. The van der Waals surface area contributed by atoms with Gasteiger partial charge in [-0.1, -0.05) is 13.5 Å². The average Bonchev–Trinajstić information content (AvgIpc) is 3.22. The van der Waals surface area contributed by atoms with E-state index in [0.29, 0.717) is 13.1 Å². The molecule has 4 rings (SSSR count). The van der Waals surface area contributed by atoms with Crippen LogP contribution in [0.1, 0.15) is 55.3 Å². The van der Waals surface area contributed by atoms with E-state index in [1.807, 2.05) is 18.7 Å². The van der Waals surface area contributed by atoms with Gasteiger partial charge in [-0.25, -0.2) is 0 Å². The summed E-state index contributed by atoms with van der Waals surface area (Å²) in [5.74, 6) is 0.0732. The van der Waals surface area contributed by atoms with Gasteiger partial charge in [0.1, 0.15) is 5.69 Å². The Balaban J connectivity index is 1.89. The van der Waals surface area contributed by atoms with E-state index < -0.39 is 5.41 Å². The molecular formula is C23H31N5O. The summed E-state index contributed by atoms with van der Waals surface area (Å²) in [6.07, 6.45) is 6.13. The van der Waals surface area contributed by atoms with E-state index in [1.165, 1.54) is 22.4 Å². The van der Waals surface area contributed by atoms with Crippen LogP contribution in [0.3, 0.4) is 0 Å². The van der Waals surface area contributed by atoms with Crippen LogP contribution < -0.4 is 5.73 Å². The van der Waals surface area contributed by atoms with Gasteiger partial charge in [-0.05, 0) is 63.7 Å². The van der Waals surface area contributed by atoms with Crippen LogP contribution in [-0.2, 0) is 24.1 Å². The van der Waals surface area contributed by atoms with E-state index in [0.717, 1.165) is 54.0 Å². The largest absolute Gasteiger partial charge is 0.356 e. The zero-order chi connectivity index (χ0) is 20.9. The highest BCUT2D eigenvalue weighted by Crippen LogP contribution is 2.44. The summed E-state index contributed by atoms with van der Waals surface area (Å²) < 4.78 is 0. The van der Waals surface area contributed by atoms with Crippen molar-refractivity contribution < 1.29 is 4.79 Å². The van der Waals surface area contributed by atoms with Crippen molar-refractivity contribution in [2.24, 2.45) is 11.1 Å². The molecule has 154 valence electrons. The van der Waals surface area contributed by atoms with E-state index in [-0.39, 0.29) is 5.91 Å². The molecule has 29 heavy (non-hydrogen) atoms. The topological polar surface area (TPSA) is 90.8 Å². The monoisotopic (exact) mass is 393 g/mol. The van der Waals surface area contributed by atoms with Crippen LogP contribution >= 0.6 is 0 Å². The molecule has 4 N–H and O–H groups in total. The summed E-state index contributed by atoms with van der Waals surface area (Å²) in [6, 6.07) is 0. The molecule has 6 heteroatoms. The summed E-state index contributed by atoms with van der Waals surface area (Å²) in [7, 11) is 0. The Morgan fingerprint density at radius 1 is 1.31 bits per heavy atom. The Hall–Kier alpha value is -2.60. The van der Waals surface area contributed by atoms with E-state index in [2.05, 4.69) is 41.7 Å². The molecule has 1 fully saturated rings. The van der Waals surface area contributed by atoms with Crippen molar-refractivity contribution in [2.75, 3.05) is 13.1 Å². The van der Waals surface area contributed by atoms with Crippen molar-refractivity contribution in [2.45, 2.75) is 53.4 Å². The molecule has 1 aliphatic heterocycles. The fourth-order valence-corrected chi connectivity index (χ4v) is 4.64. The van der Waals surface area contributed by atoms with Crippen molar-refractivity contribution in [3.8, 4) is 11.4 Å². The summed E-state index contributed by atoms with van der Waals surface area (Å²) in [5.41, 5.74) is 15.2. The third-order valence-corrected chi connectivity index (χ3v) is 6.51.